The molecule has 1 unspecified atom stereocenters. The first-order chi connectivity index (χ1) is 10.5. The first-order valence-electron chi connectivity index (χ1n) is 8.23. The molecule has 0 aromatic carbocycles. The summed E-state index contributed by atoms with van der Waals surface area (Å²) in [4.78, 5) is 16.7. The van der Waals surface area contributed by atoms with Crippen LogP contribution in [-0.2, 0) is 6.42 Å². The van der Waals surface area contributed by atoms with Crippen molar-refractivity contribution in [2.75, 3.05) is 33.7 Å². The van der Waals surface area contributed by atoms with Crippen molar-refractivity contribution < 1.29 is 9.21 Å². The number of carbonyl (C=O) groups is 1. The lowest BCUT2D eigenvalue weighted by atomic mass is 9.93. The van der Waals surface area contributed by atoms with Crippen molar-refractivity contribution >= 4 is 6.03 Å². The summed E-state index contributed by atoms with van der Waals surface area (Å²) in [6.45, 7) is 6.70. The van der Waals surface area contributed by atoms with Gasteiger partial charge in [0.1, 0.15) is 5.76 Å². The second-order valence-corrected chi connectivity index (χ2v) is 6.84. The summed E-state index contributed by atoms with van der Waals surface area (Å²) < 4.78 is 5.50. The summed E-state index contributed by atoms with van der Waals surface area (Å²) in [5.41, 5.74) is 1.15. The van der Waals surface area contributed by atoms with Gasteiger partial charge in [-0.3, -0.25) is 0 Å². The average molecular weight is 307 g/mol. The monoisotopic (exact) mass is 307 g/mol. The van der Waals surface area contributed by atoms with E-state index < -0.39 is 0 Å². The molecule has 1 atom stereocenters. The number of amides is 2. The lowest BCUT2D eigenvalue weighted by Crippen LogP contribution is -2.46. The number of fused-ring (bicyclic) bond motifs is 1. The molecule has 1 aromatic rings. The highest BCUT2D eigenvalue weighted by atomic mass is 16.3. The van der Waals surface area contributed by atoms with Gasteiger partial charge in [0.2, 0.25) is 0 Å². The average Bonchev–Trinajstić information content (AvgIpc) is 2.92. The van der Waals surface area contributed by atoms with E-state index >= 15 is 0 Å². The molecule has 0 aliphatic heterocycles. The highest BCUT2D eigenvalue weighted by Crippen LogP contribution is 2.30. The van der Waals surface area contributed by atoms with Crippen LogP contribution in [0.3, 0.4) is 0 Å². The van der Waals surface area contributed by atoms with E-state index in [0.29, 0.717) is 5.92 Å². The van der Waals surface area contributed by atoms with Crippen LogP contribution in [0.1, 0.15) is 44.1 Å². The van der Waals surface area contributed by atoms with E-state index in [2.05, 4.69) is 24.1 Å². The Morgan fingerprint density at radius 3 is 2.86 bits per heavy atom. The molecule has 0 radical (unpaired) electrons. The Kier molecular flexibility index (Phi) is 5.89. The van der Waals surface area contributed by atoms with Crippen LogP contribution < -0.4 is 5.32 Å². The van der Waals surface area contributed by atoms with E-state index in [1.807, 2.05) is 25.1 Å². The van der Waals surface area contributed by atoms with E-state index in [-0.39, 0.29) is 12.1 Å². The van der Waals surface area contributed by atoms with E-state index in [1.165, 1.54) is 0 Å². The summed E-state index contributed by atoms with van der Waals surface area (Å²) in [7, 11) is 4.06. The lowest BCUT2D eigenvalue weighted by molar-refractivity contribution is 0.179. The minimum Gasteiger partial charge on any atom is -0.469 e. The van der Waals surface area contributed by atoms with Crippen LogP contribution in [0.5, 0.6) is 0 Å². The van der Waals surface area contributed by atoms with Crippen molar-refractivity contribution in [2.45, 2.75) is 39.2 Å². The zero-order chi connectivity index (χ0) is 16.1. The normalized spacial score (nSPS) is 17.6. The molecule has 0 saturated heterocycles. The van der Waals surface area contributed by atoms with Crippen molar-refractivity contribution in [3.05, 3.63) is 23.7 Å². The van der Waals surface area contributed by atoms with Gasteiger partial charge in [0.25, 0.3) is 0 Å². The fraction of sp³-hybridized carbons (Fsp3) is 0.706. The third kappa shape index (κ3) is 4.50. The Labute approximate surface area is 133 Å². The van der Waals surface area contributed by atoms with Crippen LogP contribution in [-0.4, -0.2) is 49.6 Å². The molecule has 22 heavy (non-hydrogen) atoms. The van der Waals surface area contributed by atoms with Gasteiger partial charge in [0.05, 0.1) is 12.3 Å². The van der Waals surface area contributed by atoms with Crippen molar-refractivity contribution in [2.24, 2.45) is 5.92 Å². The maximum absolute atomic E-state index is 12.7. The molecule has 1 aromatic heterocycles. The van der Waals surface area contributed by atoms with Gasteiger partial charge in [-0.15, -0.1) is 0 Å². The zero-order valence-electron chi connectivity index (χ0n) is 14.3. The topological polar surface area (TPSA) is 48.7 Å². The maximum Gasteiger partial charge on any atom is 0.317 e. The van der Waals surface area contributed by atoms with Crippen molar-refractivity contribution in [1.82, 2.24) is 15.1 Å². The number of urea groups is 1. The van der Waals surface area contributed by atoms with Crippen LogP contribution in [0.4, 0.5) is 4.79 Å². The first-order valence-corrected chi connectivity index (χ1v) is 8.23. The predicted molar refractivity (Wildman–Crippen MR) is 87.9 cm³/mol. The van der Waals surface area contributed by atoms with Crippen molar-refractivity contribution in [1.29, 1.82) is 0 Å². The van der Waals surface area contributed by atoms with Crippen LogP contribution in [0.25, 0.3) is 0 Å². The number of hydrogen-bond donors (Lipinski definition) is 1. The Hall–Kier alpha value is -1.49. The van der Waals surface area contributed by atoms with Gasteiger partial charge in [0.15, 0.2) is 0 Å². The first kappa shape index (κ1) is 16.9. The second-order valence-electron chi connectivity index (χ2n) is 6.84. The molecular formula is C17H29N3O2. The fourth-order valence-corrected chi connectivity index (χ4v) is 2.91. The van der Waals surface area contributed by atoms with E-state index in [9.17, 15) is 4.79 Å². The summed E-state index contributed by atoms with van der Waals surface area (Å²) in [6, 6.07) is 2.12. The van der Waals surface area contributed by atoms with E-state index in [0.717, 1.165) is 50.2 Å². The van der Waals surface area contributed by atoms with Gasteiger partial charge < -0.3 is 19.5 Å². The van der Waals surface area contributed by atoms with Gasteiger partial charge >= 0.3 is 6.03 Å². The summed E-state index contributed by atoms with van der Waals surface area (Å²) in [5, 5.41) is 3.20. The molecular weight excluding hydrogens is 278 g/mol. The molecule has 0 spiro atoms. The summed E-state index contributed by atoms with van der Waals surface area (Å²) >= 11 is 0. The highest BCUT2D eigenvalue weighted by molar-refractivity contribution is 5.74. The molecule has 1 heterocycles. The van der Waals surface area contributed by atoms with Crippen molar-refractivity contribution in [3.63, 3.8) is 0 Å². The molecule has 0 fully saturated rings. The number of rotatable bonds is 6. The largest absolute Gasteiger partial charge is 0.469 e. The van der Waals surface area contributed by atoms with Crippen LogP contribution in [0.15, 0.2) is 16.7 Å². The number of nitrogens with zero attached hydrogens (tertiary/aromatic N) is 2. The number of carbonyl (C=O) groups excluding carboxylic acids is 1. The van der Waals surface area contributed by atoms with Gasteiger partial charge in [-0.25, -0.2) is 4.79 Å². The summed E-state index contributed by atoms with van der Waals surface area (Å²) in [5.74, 6) is 1.49. The number of aryl methyl sites for hydroxylation is 1. The SMILES string of the molecule is CC(C)CN(CCN(C)C)C(=O)NC1CCCc2occc21. The Morgan fingerprint density at radius 1 is 1.41 bits per heavy atom. The van der Waals surface area contributed by atoms with Crippen LogP contribution >= 0.6 is 0 Å². The number of hydrogen-bond acceptors (Lipinski definition) is 3. The lowest BCUT2D eigenvalue weighted by Gasteiger charge is -2.30. The van der Waals surface area contributed by atoms with E-state index in [1.54, 1.807) is 6.26 Å². The van der Waals surface area contributed by atoms with Gasteiger partial charge in [-0.05, 0) is 38.9 Å². The van der Waals surface area contributed by atoms with Gasteiger partial charge in [-0.1, -0.05) is 13.8 Å². The number of likely N-dealkylation sites (N-methyl/N-ethyl adjacent to an activating group) is 1. The van der Waals surface area contributed by atoms with E-state index in [4.69, 9.17) is 4.42 Å². The molecule has 2 rings (SSSR count). The highest BCUT2D eigenvalue weighted by Gasteiger charge is 2.26. The second kappa shape index (κ2) is 7.68. The Balaban J connectivity index is 1.99. The fourth-order valence-electron chi connectivity index (χ4n) is 2.91. The standard InChI is InChI=1S/C17H29N3O2/c1-13(2)12-20(10-9-19(3)4)17(21)18-15-6-5-7-16-14(15)8-11-22-16/h8,11,13,15H,5-7,9-10,12H2,1-4H3,(H,18,21). The quantitative estimate of drug-likeness (QED) is 0.879. The van der Waals surface area contributed by atoms with Gasteiger partial charge in [0, 0.05) is 31.6 Å². The summed E-state index contributed by atoms with van der Waals surface area (Å²) in [6.07, 6.45) is 4.76. The molecule has 5 heteroatoms. The number of furan rings is 1. The molecule has 0 bridgehead atoms. The molecule has 2 amide bonds. The molecule has 5 nitrogen and oxygen atoms in total. The molecule has 1 aliphatic rings. The molecule has 0 saturated carbocycles. The smallest absolute Gasteiger partial charge is 0.317 e. The Bertz CT molecular complexity index is 482. The van der Waals surface area contributed by atoms with Gasteiger partial charge in [-0.2, -0.15) is 0 Å². The van der Waals surface area contributed by atoms with Crippen molar-refractivity contribution in [3.8, 4) is 0 Å². The third-order valence-electron chi connectivity index (χ3n) is 4.04. The minimum absolute atomic E-state index is 0.0367. The Morgan fingerprint density at radius 2 is 2.18 bits per heavy atom. The predicted octanol–water partition coefficient (Wildman–Crippen LogP) is 2.89. The maximum atomic E-state index is 12.7. The molecule has 1 aliphatic carbocycles. The molecule has 124 valence electrons. The number of nitrogens with one attached hydrogen (secondary N) is 1. The van der Waals surface area contributed by atoms with Crippen LogP contribution in [0, 0.1) is 5.92 Å². The van der Waals surface area contributed by atoms with Crippen LogP contribution in [0.2, 0.25) is 0 Å². The zero-order valence-corrected chi connectivity index (χ0v) is 14.3. The minimum atomic E-state index is 0.0367. The molecule has 1 N–H and O–H groups in total. The third-order valence-corrected chi connectivity index (χ3v) is 4.04.